The van der Waals surface area contributed by atoms with Gasteiger partial charge in [0, 0.05) is 19.6 Å². The maximum absolute atomic E-state index is 9.12. The molecular weight excluding hydrogens is 210 g/mol. The maximum Gasteiger partial charge on any atom is 0.0641 e. The number of hydrogen-bond donors (Lipinski definition) is 1. The lowest BCUT2D eigenvalue weighted by atomic mass is 9.98. The highest BCUT2D eigenvalue weighted by Crippen LogP contribution is 2.20. The molecule has 2 nitrogen and oxygen atoms in total. The van der Waals surface area contributed by atoms with Gasteiger partial charge < -0.3 is 5.11 Å². The quantitative estimate of drug-likeness (QED) is 0.808. The minimum Gasteiger partial charge on any atom is -0.392 e. The van der Waals surface area contributed by atoms with Crippen LogP contribution < -0.4 is 0 Å². The third-order valence-electron chi connectivity index (χ3n) is 3.55. The molecule has 0 aromatic heterocycles. The molecule has 0 aliphatic carbocycles. The van der Waals surface area contributed by atoms with Crippen molar-refractivity contribution in [2.45, 2.75) is 26.3 Å². The van der Waals surface area contributed by atoms with Gasteiger partial charge in [0.1, 0.15) is 0 Å². The molecule has 1 heterocycles. The Labute approximate surface area is 104 Å². The molecule has 0 amide bonds. The fourth-order valence-corrected chi connectivity index (χ4v) is 2.36. The summed E-state index contributed by atoms with van der Waals surface area (Å²) in [5, 5.41) is 9.12. The van der Waals surface area contributed by atoms with Crippen LogP contribution in [0, 0.1) is 0 Å². The smallest absolute Gasteiger partial charge is 0.0641 e. The van der Waals surface area contributed by atoms with Crippen molar-refractivity contribution in [1.82, 2.24) is 4.90 Å². The van der Waals surface area contributed by atoms with E-state index in [-0.39, 0.29) is 6.61 Å². The average molecular weight is 231 g/mol. The molecular formula is C15H21NO. The summed E-state index contributed by atoms with van der Waals surface area (Å²) in [6.07, 6.45) is 2.22. The van der Waals surface area contributed by atoms with Crippen molar-refractivity contribution in [3.8, 4) is 0 Å². The van der Waals surface area contributed by atoms with Crippen molar-refractivity contribution in [2.24, 2.45) is 0 Å². The third-order valence-corrected chi connectivity index (χ3v) is 3.55. The molecule has 0 atom stereocenters. The summed E-state index contributed by atoms with van der Waals surface area (Å²) < 4.78 is 0. The second-order valence-corrected chi connectivity index (χ2v) is 4.80. The minimum absolute atomic E-state index is 0.216. The molecule has 0 spiro atoms. The number of aliphatic hydroxyl groups excluding tert-OH is 1. The summed E-state index contributed by atoms with van der Waals surface area (Å²) in [6.45, 7) is 5.53. The lowest BCUT2D eigenvalue weighted by molar-refractivity contribution is 0.245. The number of benzene rings is 1. The molecule has 1 aliphatic heterocycles. The SMILES string of the molecule is CC(CO)=C1CCN(Cc2ccccc2)CC1. The summed E-state index contributed by atoms with van der Waals surface area (Å²) in [6, 6.07) is 10.6. The van der Waals surface area contributed by atoms with Crippen LogP contribution in [0.25, 0.3) is 0 Å². The van der Waals surface area contributed by atoms with Crippen LogP contribution in [-0.2, 0) is 6.54 Å². The number of aliphatic hydroxyl groups is 1. The van der Waals surface area contributed by atoms with Crippen molar-refractivity contribution in [3.05, 3.63) is 47.0 Å². The topological polar surface area (TPSA) is 23.5 Å². The van der Waals surface area contributed by atoms with Gasteiger partial charge in [-0.15, -0.1) is 0 Å². The van der Waals surface area contributed by atoms with E-state index in [0.29, 0.717) is 0 Å². The third kappa shape index (κ3) is 3.42. The molecule has 0 unspecified atom stereocenters. The van der Waals surface area contributed by atoms with Crippen LogP contribution in [-0.4, -0.2) is 29.7 Å². The van der Waals surface area contributed by atoms with Crippen molar-refractivity contribution < 1.29 is 5.11 Å². The zero-order chi connectivity index (χ0) is 12.1. The molecule has 0 bridgehead atoms. The Bertz CT molecular complexity index is 373. The van der Waals surface area contributed by atoms with Gasteiger partial charge in [0.2, 0.25) is 0 Å². The predicted octanol–water partition coefficient (Wildman–Crippen LogP) is 2.59. The molecule has 2 rings (SSSR count). The van der Waals surface area contributed by atoms with Crippen LogP contribution in [0.2, 0.25) is 0 Å². The summed E-state index contributed by atoms with van der Waals surface area (Å²) in [5.74, 6) is 0. The first kappa shape index (κ1) is 12.3. The van der Waals surface area contributed by atoms with E-state index in [9.17, 15) is 0 Å². The van der Waals surface area contributed by atoms with Gasteiger partial charge >= 0.3 is 0 Å². The van der Waals surface area contributed by atoms with E-state index in [1.165, 1.54) is 16.7 Å². The Hall–Kier alpha value is -1.12. The molecule has 1 fully saturated rings. The average Bonchev–Trinajstić information content (AvgIpc) is 2.40. The van der Waals surface area contributed by atoms with Gasteiger partial charge in [-0.2, -0.15) is 0 Å². The highest BCUT2D eigenvalue weighted by molar-refractivity contribution is 5.17. The van der Waals surface area contributed by atoms with Gasteiger partial charge in [-0.25, -0.2) is 0 Å². The number of piperidine rings is 1. The van der Waals surface area contributed by atoms with Gasteiger partial charge in [0.05, 0.1) is 6.61 Å². The lowest BCUT2D eigenvalue weighted by Gasteiger charge is -2.29. The molecule has 0 saturated carbocycles. The fraction of sp³-hybridized carbons (Fsp3) is 0.467. The highest BCUT2D eigenvalue weighted by atomic mass is 16.3. The first-order chi connectivity index (χ1) is 8.29. The second kappa shape index (κ2) is 5.99. The van der Waals surface area contributed by atoms with Crippen LogP contribution in [0.5, 0.6) is 0 Å². The van der Waals surface area contributed by atoms with E-state index in [1.54, 1.807) is 0 Å². The van der Waals surface area contributed by atoms with Gasteiger partial charge in [0.25, 0.3) is 0 Å². The van der Waals surface area contributed by atoms with E-state index < -0.39 is 0 Å². The first-order valence-electron chi connectivity index (χ1n) is 6.34. The fourth-order valence-electron chi connectivity index (χ4n) is 2.36. The summed E-state index contributed by atoms with van der Waals surface area (Å²) in [5.41, 5.74) is 4.01. The van der Waals surface area contributed by atoms with Crippen LogP contribution in [0.4, 0.5) is 0 Å². The molecule has 1 N–H and O–H groups in total. The number of nitrogens with zero attached hydrogens (tertiary/aromatic N) is 1. The molecule has 1 saturated heterocycles. The van der Waals surface area contributed by atoms with Gasteiger partial charge in [-0.3, -0.25) is 4.90 Å². The molecule has 1 aromatic rings. The molecule has 2 heteroatoms. The standard InChI is InChI=1S/C15H21NO/c1-13(12-17)15-7-9-16(10-8-15)11-14-5-3-2-4-6-14/h2-6,17H,7-12H2,1H3. The summed E-state index contributed by atoms with van der Waals surface area (Å²) in [4.78, 5) is 2.49. The second-order valence-electron chi connectivity index (χ2n) is 4.80. The Morgan fingerprint density at radius 2 is 1.82 bits per heavy atom. The maximum atomic E-state index is 9.12. The van der Waals surface area contributed by atoms with Crippen molar-refractivity contribution in [1.29, 1.82) is 0 Å². The molecule has 92 valence electrons. The van der Waals surface area contributed by atoms with E-state index >= 15 is 0 Å². The van der Waals surface area contributed by atoms with Crippen molar-refractivity contribution in [3.63, 3.8) is 0 Å². The Balaban J connectivity index is 1.88. The number of likely N-dealkylation sites (tertiary alicyclic amines) is 1. The monoisotopic (exact) mass is 231 g/mol. The summed E-state index contributed by atoms with van der Waals surface area (Å²) >= 11 is 0. The zero-order valence-corrected chi connectivity index (χ0v) is 10.5. The molecule has 1 aromatic carbocycles. The number of rotatable bonds is 3. The Kier molecular flexibility index (Phi) is 4.35. The normalized spacial score (nSPS) is 17.2. The van der Waals surface area contributed by atoms with Crippen LogP contribution >= 0.6 is 0 Å². The van der Waals surface area contributed by atoms with Gasteiger partial charge in [-0.05, 0) is 30.9 Å². The minimum atomic E-state index is 0.216. The van der Waals surface area contributed by atoms with E-state index in [4.69, 9.17) is 5.11 Å². The van der Waals surface area contributed by atoms with E-state index in [2.05, 4.69) is 35.2 Å². The van der Waals surface area contributed by atoms with E-state index in [0.717, 1.165) is 32.5 Å². The summed E-state index contributed by atoms with van der Waals surface area (Å²) in [7, 11) is 0. The van der Waals surface area contributed by atoms with Gasteiger partial charge in [0.15, 0.2) is 0 Å². The van der Waals surface area contributed by atoms with E-state index in [1.807, 2.05) is 6.92 Å². The largest absolute Gasteiger partial charge is 0.392 e. The molecule has 1 aliphatic rings. The lowest BCUT2D eigenvalue weighted by Crippen LogP contribution is -2.30. The van der Waals surface area contributed by atoms with Crippen molar-refractivity contribution >= 4 is 0 Å². The highest BCUT2D eigenvalue weighted by Gasteiger charge is 2.15. The molecule has 17 heavy (non-hydrogen) atoms. The number of hydrogen-bond acceptors (Lipinski definition) is 2. The Morgan fingerprint density at radius 1 is 1.18 bits per heavy atom. The first-order valence-corrected chi connectivity index (χ1v) is 6.34. The van der Waals surface area contributed by atoms with Crippen molar-refractivity contribution in [2.75, 3.05) is 19.7 Å². The van der Waals surface area contributed by atoms with Crippen LogP contribution in [0.1, 0.15) is 25.3 Å². The molecule has 0 radical (unpaired) electrons. The van der Waals surface area contributed by atoms with Gasteiger partial charge in [-0.1, -0.05) is 35.9 Å². The zero-order valence-electron chi connectivity index (χ0n) is 10.5. The van der Waals surface area contributed by atoms with Crippen LogP contribution in [0.3, 0.4) is 0 Å². The van der Waals surface area contributed by atoms with Crippen LogP contribution in [0.15, 0.2) is 41.5 Å². The predicted molar refractivity (Wildman–Crippen MR) is 70.7 cm³/mol. The Morgan fingerprint density at radius 3 is 2.41 bits per heavy atom.